The van der Waals surface area contributed by atoms with Crippen molar-refractivity contribution in [3.05, 3.63) is 37.2 Å². The van der Waals surface area contributed by atoms with Crippen LogP contribution in [0, 0.1) is 5.41 Å². The highest BCUT2D eigenvalue weighted by Gasteiger charge is 2.35. The number of hydrogen-bond acceptors (Lipinski definition) is 6. The molecular formula is C15H17F3O6. The molecule has 24 heavy (non-hydrogen) atoms. The Balaban J connectivity index is 5.11. The van der Waals surface area contributed by atoms with Crippen LogP contribution >= 0.6 is 0 Å². The van der Waals surface area contributed by atoms with Crippen molar-refractivity contribution in [3.63, 3.8) is 0 Å². The number of hydrogen-bond donors (Lipinski definition) is 0. The molecule has 0 saturated carbocycles. The summed E-state index contributed by atoms with van der Waals surface area (Å²) in [4.78, 5) is 33.4. The van der Waals surface area contributed by atoms with Crippen molar-refractivity contribution in [2.75, 3.05) is 19.8 Å². The summed E-state index contributed by atoms with van der Waals surface area (Å²) < 4.78 is 51.8. The highest BCUT2D eigenvalue weighted by atomic mass is 19.1. The average Bonchev–Trinajstić information content (AvgIpc) is 2.53. The Morgan fingerprint density at radius 1 is 0.750 bits per heavy atom. The van der Waals surface area contributed by atoms with E-state index in [1.54, 1.807) is 0 Å². The zero-order valence-electron chi connectivity index (χ0n) is 13.0. The van der Waals surface area contributed by atoms with Gasteiger partial charge in [-0.2, -0.15) is 13.2 Å². The van der Waals surface area contributed by atoms with Gasteiger partial charge in [-0.25, -0.2) is 14.4 Å². The van der Waals surface area contributed by atoms with Crippen LogP contribution in [0.2, 0.25) is 0 Å². The van der Waals surface area contributed by atoms with E-state index < -0.39 is 60.6 Å². The monoisotopic (exact) mass is 350 g/mol. The molecule has 0 aromatic heterocycles. The van der Waals surface area contributed by atoms with Gasteiger partial charge in [0.2, 0.25) is 17.5 Å². The van der Waals surface area contributed by atoms with Gasteiger partial charge in [-0.05, 0) is 6.42 Å². The first-order valence-electron chi connectivity index (χ1n) is 6.59. The summed E-state index contributed by atoms with van der Waals surface area (Å²) in [6.45, 7) is 8.06. The summed E-state index contributed by atoms with van der Waals surface area (Å²) in [6, 6.07) is 0. The number of esters is 3. The van der Waals surface area contributed by atoms with Gasteiger partial charge < -0.3 is 14.2 Å². The first kappa shape index (κ1) is 21.4. The first-order chi connectivity index (χ1) is 11.0. The number of halogens is 3. The maximum Gasteiger partial charge on any atom is 0.366 e. The van der Waals surface area contributed by atoms with Crippen LogP contribution in [0.5, 0.6) is 0 Å². The van der Waals surface area contributed by atoms with Gasteiger partial charge in [-0.1, -0.05) is 26.7 Å². The van der Waals surface area contributed by atoms with Crippen molar-refractivity contribution in [2.24, 2.45) is 5.41 Å². The van der Waals surface area contributed by atoms with Crippen molar-refractivity contribution in [1.82, 2.24) is 0 Å². The molecule has 9 heteroatoms. The Bertz CT molecular complexity index is 481. The molecule has 0 saturated heterocycles. The lowest BCUT2D eigenvalue weighted by atomic mass is 9.88. The molecule has 0 rings (SSSR count). The Labute approximate surface area is 136 Å². The van der Waals surface area contributed by atoms with Crippen LogP contribution in [0.4, 0.5) is 13.2 Å². The van der Waals surface area contributed by atoms with E-state index in [4.69, 9.17) is 0 Å². The molecule has 0 aromatic carbocycles. The molecule has 0 N–H and O–H groups in total. The van der Waals surface area contributed by atoms with Crippen molar-refractivity contribution in [3.8, 4) is 0 Å². The van der Waals surface area contributed by atoms with E-state index in [9.17, 15) is 27.6 Å². The minimum absolute atomic E-state index is 0.0805. The van der Waals surface area contributed by atoms with Gasteiger partial charge in [0.1, 0.15) is 19.8 Å². The summed E-state index contributed by atoms with van der Waals surface area (Å²) >= 11 is 0. The van der Waals surface area contributed by atoms with E-state index in [0.717, 1.165) is 0 Å². The van der Waals surface area contributed by atoms with Crippen molar-refractivity contribution in [1.29, 1.82) is 0 Å². The second-order valence-electron chi connectivity index (χ2n) is 4.80. The summed E-state index contributed by atoms with van der Waals surface area (Å²) in [5.74, 6) is -8.25. The van der Waals surface area contributed by atoms with Crippen molar-refractivity contribution in [2.45, 2.75) is 13.3 Å². The Morgan fingerprint density at radius 2 is 1.00 bits per heavy atom. The van der Waals surface area contributed by atoms with Crippen LogP contribution in [-0.2, 0) is 28.6 Å². The quantitative estimate of drug-likeness (QED) is 0.342. The molecule has 0 aliphatic carbocycles. The van der Waals surface area contributed by atoms with Gasteiger partial charge in [0, 0.05) is 0 Å². The molecule has 0 aromatic rings. The standard InChI is InChI=1S/C15H17F3O6/c1-5-15(6-22-12(19)9(2)16,7-23-13(20)10(3)17)8-24-14(21)11(4)18/h2-8H2,1H3. The number of ether oxygens (including phenoxy) is 3. The third-order valence-corrected chi connectivity index (χ3v) is 2.94. The topological polar surface area (TPSA) is 78.9 Å². The van der Waals surface area contributed by atoms with Gasteiger partial charge in [-0.15, -0.1) is 0 Å². The highest BCUT2D eigenvalue weighted by Crippen LogP contribution is 2.25. The number of carbonyl (C=O) groups is 3. The van der Waals surface area contributed by atoms with Gasteiger partial charge in [0.15, 0.2) is 0 Å². The fourth-order valence-corrected chi connectivity index (χ4v) is 1.32. The van der Waals surface area contributed by atoms with Crippen LogP contribution in [0.15, 0.2) is 37.2 Å². The van der Waals surface area contributed by atoms with Gasteiger partial charge in [0.25, 0.3) is 0 Å². The predicted octanol–water partition coefficient (Wildman–Crippen LogP) is 2.46. The summed E-state index contributed by atoms with van der Waals surface area (Å²) in [5, 5.41) is 0. The fourth-order valence-electron chi connectivity index (χ4n) is 1.32. The Kier molecular flexibility index (Phi) is 8.51. The molecule has 0 aliphatic heterocycles. The van der Waals surface area contributed by atoms with Gasteiger partial charge in [-0.3, -0.25) is 0 Å². The maximum atomic E-state index is 12.7. The molecule has 0 unspecified atom stereocenters. The highest BCUT2D eigenvalue weighted by molar-refractivity contribution is 5.86. The maximum absolute atomic E-state index is 12.7. The SMILES string of the molecule is C=C(F)C(=O)OCC(CC)(COC(=O)C(=C)F)COC(=O)C(=C)F. The predicted molar refractivity (Wildman–Crippen MR) is 76.3 cm³/mol. The lowest BCUT2D eigenvalue weighted by Crippen LogP contribution is -2.39. The summed E-state index contributed by atoms with van der Waals surface area (Å²) in [5.41, 5.74) is -1.36. The molecule has 0 radical (unpaired) electrons. The molecule has 0 fully saturated rings. The van der Waals surface area contributed by atoms with E-state index in [1.807, 2.05) is 0 Å². The van der Waals surface area contributed by atoms with Crippen LogP contribution in [0.25, 0.3) is 0 Å². The number of carbonyl (C=O) groups excluding carboxylic acids is 3. The Morgan fingerprint density at radius 3 is 1.17 bits per heavy atom. The van der Waals surface area contributed by atoms with Crippen LogP contribution < -0.4 is 0 Å². The summed E-state index contributed by atoms with van der Waals surface area (Å²) in [7, 11) is 0. The van der Waals surface area contributed by atoms with Crippen molar-refractivity contribution >= 4 is 17.9 Å². The van der Waals surface area contributed by atoms with E-state index in [1.165, 1.54) is 6.92 Å². The largest absolute Gasteiger partial charge is 0.460 e. The lowest BCUT2D eigenvalue weighted by molar-refractivity contribution is -0.159. The number of rotatable bonds is 10. The first-order valence-corrected chi connectivity index (χ1v) is 6.59. The third-order valence-electron chi connectivity index (χ3n) is 2.94. The van der Waals surface area contributed by atoms with Crippen LogP contribution in [0.1, 0.15) is 13.3 Å². The minimum Gasteiger partial charge on any atom is -0.460 e. The summed E-state index contributed by atoms with van der Waals surface area (Å²) in [6.07, 6.45) is 0.0805. The third kappa shape index (κ3) is 7.12. The smallest absolute Gasteiger partial charge is 0.366 e. The molecule has 0 atom stereocenters. The molecule has 0 bridgehead atoms. The lowest BCUT2D eigenvalue weighted by Gasteiger charge is -2.30. The average molecular weight is 350 g/mol. The molecular weight excluding hydrogens is 333 g/mol. The molecule has 6 nitrogen and oxygen atoms in total. The molecule has 0 aliphatic rings. The van der Waals surface area contributed by atoms with Crippen LogP contribution in [-0.4, -0.2) is 37.7 Å². The van der Waals surface area contributed by atoms with Crippen molar-refractivity contribution < 1.29 is 41.8 Å². The molecule has 0 heterocycles. The molecule has 0 spiro atoms. The Hall–Kier alpha value is -2.58. The van der Waals surface area contributed by atoms with E-state index in [-0.39, 0.29) is 6.42 Å². The van der Waals surface area contributed by atoms with Gasteiger partial charge >= 0.3 is 17.9 Å². The fraction of sp³-hybridized carbons (Fsp3) is 0.400. The second-order valence-corrected chi connectivity index (χ2v) is 4.80. The molecule has 0 amide bonds. The van der Waals surface area contributed by atoms with Crippen LogP contribution in [0.3, 0.4) is 0 Å². The zero-order chi connectivity index (χ0) is 18.9. The van der Waals surface area contributed by atoms with E-state index in [2.05, 4.69) is 33.9 Å². The van der Waals surface area contributed by atoms with E-state index >= 15 is 0 Å². The normalized spacial score (nSPS) is 10.5. The zero-order valence-corrected chi connectivity index (χ0v) is 13.0. The minimum atomic E-state index is -1.38. The van der Waals surface area contributed by atoms with Gasteiger partial charge in [0.05, 0.1) is 5.41 Å². The van der Waals surface area contributed by atoms with E-state index in [0.29, 0.717) is 0 Å². The second kappa shape index (κ2) is 9.53. The molecule has 134 valence electrons.